The zero-order chi connectivity index (χ0) is 23.8. The number of ether oxygens (including phenoxy) is 1. The third kappa shape index (κ3) is 4.66. The van der Waals surface area contributed by atoms with E-state index in [1.165, 1.54) is 19.2 Å². The molecule has 0 aromatic heterocycles. The number of nitrogens with zero attached hydrogens (tertiary/aromatic N) is 2. The number of esters is 1. The van der Waals surface area contributed by atoms with Gasteiger partial charge in [0.05, 0.1) is 7.11 Å². The summed E-state index contributed by atoms with van der Waals surface area (Å²) in [5, 5.41) is 0. The lowest BCUT2D eigenvalue weighted by molar-refractivity contribution is -0.136. The van der Waals surface area contributed by atoms with Crippen molar-refractivity contribution in [2.45, 2.75) is 65.0 Å². The maximum atomic E-state index is 13.6. The number of rotatable bonds is 4. The van der Waals surface area contributed by atoms with Gasteiger partial charge in [0.25, 0.3) is 5.91 Å². The maximum absolute atomic E-state index is 13.6. The topological polar surface area (TPSA) is 59.0 Å². The summed E-state index contributed by atoms with van der Waals surface area (Å²) in [6, 6.07) is 6.02. The first-order chi connectivity index (χ1) is 15.6. The number of allylic oxidation sites excluding steroid dienone is 2. The van der Waals surface area contributed by atoms with Crippen LogP contribution in [0.15, 0.2) is 52.6 Å². The largest absolute Gasteiger partial charge is 0.466 e. The first-order valence-electron chi connectivity index (χ1n) is 11.8. The van der Waals surface area contributed by atoms with E-state index in [4.69, 9.17) is 9.73 Å². The van der Waals surface area contributed by atoms with Gasteiger partial charge in [-0.3, -0.25) is 9.79 Å². The second-order valence-electron chi connectivity index (χ2n) is 10.5. The molecule has 6 heteroatoms. The van der Waals surface area contributed by atoms with Gasteiger partial charge in [0, 0.05) is 17.7 Å². The number of aliphatic imine (C=N–C) groups is 1. The monoisotopic (exact) mass is 452 g/mol. The number of methoxy groups -OCH3 is 1. The van der Waals surface area contributed by atoms with E-state index < -0.39 is 5.66 Å². The van der Waals surface area contributed by atoms with Crippen LogP contribution in [0.5, 0.6) is 0 Å². The van der Waals surface area contributed by atoms with Crippen LogP contribution < -0.4 is 0 Å². The van der Waals surface area contributed by atoms with Crippen LogP contribution in [0.4, 0.5) is 4.39 Å². The van der Waals surface area contributed by atoms with Gasteiger partial charge in [-0.15, -0.1) is 0 Å². The summed E-state index contributed by atoms with van der Waals surface area (Å²) in [5.74, 6) is -0.145. The van der Waals surface area contributed by atoms with Gasteiger partial charge in [-0.05, 0) is 74.1 Å². The van der Waals surface area contributed by atoms with Crippen molar-refractivity contribution in [2.75, 3.05) is 13.7 Å². The Kier molecular flexibility index (Phi) is 6.30. The molecule has 0 saturated heterocycles. The highest BCUT2D eigenvalue weighted by Gasteiger charge is 2.50. The van der Waals surface area contributed by atoms with E-state index in [1.807, 2.05) is 11.0 Å². The Morgan fingerprint density at radius 1 is 1.15 bits per heavy atom. The molecule has 1 fully saturated rings. The Bertz CT molecular complexity index is 1020. The van der Waals surface area contributed by atoms with E-state index in [0.717, 1.165) is 31.3 Å². The predicted molar refractivity (Wildman–Crippen MR) is 126 cm³/mol. The zero-order valence-electron chi connectivity index (χ0n) is 20.0. The molecule has 1 aliphatic heterocycles. The summed E-state index contributed by atoms with van der Waals surface area (Å²) in [6.07, 6.45) is 8.72. The molecule has 1 aromatic rings. The van der Waals surface area contributed by atoms with Crippen LogP contribution >= 0.6 is 0 Å². The summed E-state index contributed by atoms with van der Waals surface area (Å²) in [4.78, 5) is 32.4. The fraction of sp³-hybridized carbons (Fsp3) is 0.519. The lowest BCUT2D eigenvalue weighted by Crippen LogP contribution is -2.50. The molecule has 1 spiro atoms. The van der Waals surface area contributed by atoms with Crippen molar-refractivity contribution >= 4 is 17.6 Å². The molecular formula is C27H33FN2O3. The lowest BCUT2D eigenvalue weighted by atomic mass is 9.69. The third-order valence-electron chi connectivity index (χ3n) is 7.44. The Balaban J connectivity index is 1.63. The number of benzene rings is 1. The third-order valence-corrected chi connectivity index (χ3v) is 7.44. The first-order valence-corrected chi connectivity index (χ1v) is 11.8. The zero-order valence-corrected chi connectivity index (χ0v) is 20.0. The second-order valence-corrected chi connectivity index (χ2v) is 10.5. The number of halogens is 1. The SMILES string of the molecule is COC(=O)C1=CC=C(CN2C(=O)C(c3ccc(F)cc3)=NC23CCC(C(C)(C)C)CC3)CC1. The highest BCUT2D eigenvalue weighted by atomic mass is 19.1. The summed E-state index contributed by atoms with van der Waals surface area (Å²) < 4.78 is 18.3. The first kappa shape index (κ1) is 23.4. The molecule has 0 N–H and O–H groups in total. The average Bonchev–Trinajstić information content (AvgIpc) is 3.05. The van der Waals surface area contributed by atoms with Gasteiger partial charge in [0.2, 0.25) is 0 Å². The van der Waals surface area contributed by atoms with Crippen molar-refractivity contribution in [2.24, 2.45) is 16.3 Å². The van der Waals surface area contributed by atoms with Crippen molar-refractivity contribution in [1.82, 2.24) is 4.90 Å². The summed E-state index contributed by atoms with van der Waals surface area (Å²) >= 11 is 0. The lowest BCUT2D eigenvalue weighted by Gasteiger charge is -2.45. The van der Waals surface area contributed by atoms with Crippen LogP contribution in [0.3, 0.4) is 0 Å². The standard InChI is InChI=1S/C27H33FN2O3/c1-26(2,3)21-13-15-27(16-14-21)29-23(19-9-11-22(28)12-10-19)24(31)30(27)17-18-5-7-20(8-6-18)25(32)33-4/h5,7,9-12,21H,6,8,13-17H2,1-4H3. The minimum Gasteiger partial charge on any atom is -0.466 e. The molecule has 0 atom stereocenters. The molecule has 3 aliphatic rings. The smallest absolute Gasteiger partial charge is 0.333 e. The highest BCUT2D eigenvalue weighted by molar-refractivity contribution is 6.46. The Morgan fingerprint density at radius 2 is 1.82 bits per heavy atom. The number of hydrogen-bond acceptors (Lipinski definition) is 4. The van der Waals surface area contributed by atoms with Crippen LogP contribution in [0.1, 0.15) is 64.9 Å². The van der Waals surface area contributed by atoms with E-state index in [2.05, 4.69) is 20.8 Å². The van der Waals surface area contributed by atoms with Gasteiger partial charge < -0.3 is 9.64 Å². The Morgan fingerprint density at radius 3 is 2.36 bits per heavy atom. The normalized spacial score (nSPS) is 25.6. The molecule has 2 aliphatic carbocycles. The molecule has 0 radical (unpaired) electrons. The van der Waals surface area contributed by atoms with Gasteiger partial charge >= 0.3 is 5.97 Å². The number of carbonyl (C=O) groups excluding carboxylic acids is 2. The Labute approximate surface area is 195 Å². The van der Waals surface area contributed by atoms with Crippen molar-refractivity contribution in [3.8, 4) is 0 Å². The van der Waals surface area contributed by atoms with Crippen LogP contribution in [0.2, 0.25) is 0 Å². The van der Waals surface area contributed by atoms with Crippen molar-refractivity contribution in [3.05, 3.63) is 58.9 Å². The van der Waals surface area contributed by atoms with E-state index in [1.54, 1.807) is 18.2 Å². The predicted octanol–water partition coefficient (Wildman–Crippen LogP) is 5.21. The molecule has 4 rings (SSSR count). The van der Waals surface area contributed by atoms with Gasteiger partial charge in [0.15, 0.2) is 0 Å². The number of hydrogen-bond donors (Lipinski definition) is 0. The van der Waals surface area contributed by atoms with Gasteiger partial charge in [-0.25, -0.2) is 9.18 Å². The van der Waals surface area contributed by atoms with E-state index in [9.17, 15) is 14.0 Å². The van der Waals surface area contributed by atoms with E-state index in [0.29, 0.717) is 42.2 Å². The molecule has 1 heterocycles. The van der Waals surface area contributed by atoms with Gasteiger partial charge in [0.1, 0.15) is 17.2 Å². The van der Waals surface area contributed by atoms with Crippen molar-refractivity contribution in [1.29, 1.82) is 0 Å². The molecular weight excluding hydrogens is 419 g/mol. The fourth-order valence-corrected chi connectivity index (χ4v) is 5.29. The van der Waals surface area contributed by atoms with Crippen LogP contribution in [-0.4, -0.2) is 41.8 Å². The minimum atomic E-state index is -0.560. The average molecular weight is 453 g/mol. The molecule has 1 amide bonds. The van der Waals surface area contributed by atoms with E-state index in [-0.39, 0.29) is 23.1 Å². The van der Waals surface area contributed by atoms with Crippen molar-refractivity contribution < 1.29 is 18.7 Å². The summed E-state index contributed by atoms with van der Waals surface area (Å²) in [7, 11) is 1.39. The molecule has 1 aromatic carbocycles. The molecule has 33 heavy (non-hydrogen) atoms. The fourth-order valence-electron chi connectivity index (χ4n) is 5.29. The second kappa shape index (κ2) is 8.88. The van der Waals surface area contributed by atoms with Gasteiger partial charge in [-0.2, -0.15) is 0 Å². The molecule has 176 valence electrons. The van der Waals surface area contributed by atoms with Crippen LogP contribution in [0.25, 0.3) is 0 Å². The van der Waals surface area contributed by atoms with Crippen LogP contribution in [0, 0.1) is 17.2 Å². The molecule has 0 bridgehead atoms. The van der Waals surface area contributed by atoms with Crippen LogP contribution in [-0.2, 0) is 14.3 Å². The number of carbonyl (C=O) groups is 2. The molecule has 5 nitrogen and oxygen atoms in total. The number of amides is 1. The molecule has 1 saturated carbocycles. The maximum Gasteiger partial charge on any atom is 0.333 e. The van der Waals surface area contributed by atoms with Crippen molar-refractivity contribution in [3.63, 3.8) is 0 Å². The molecule has 0 unspecified atom stereocenters. The van der Waals surface area contributed by atoms with E-state index >= 15 is 0 Å². The minimum absolute atomic E-state index is 0.0977. The van der Waals surface area contributed by atoms with Gasteiger partial charge in [-0.1, -0.05) is 38.5 Å². The summed E-state index contributed by atoms with van der Waals surface area (Å²) in [6.45, 7) is 7.31. The highest BCUT2D eigenvalue weighted by Crippen LogP contribution is 2.47. The Hall–Kier alpha value is -2.76. The summed E-state index contributed by atoms with van der Waals surface area (Å²) in [5.41, 5.74) is 2.49. The quantitative estimate of drug-likeness (QED) is 0.590.